The first kappa shape index (κ1) is 24.2. The first-order valence-electron chi connectivity index (χ1n) is 11.6. The largest absolute Gasteiger partial charge is 0.494 e. The number of nitrogens with zero attached hydrogens (tertiary/aromatic N) is 2. The molecule has 0 unspecified atom stereocenters. The second-order valence-corrected chi connectivity index (χ2v) is 10.3. The van der Waals surface area contributed by atoms with Crippen LogP contribution in [0.3, 0.4) is 0 Å². The second kappa shape index (κ2) is 10.6. The minimum Gasteiger partial charge on any atom is -0.494 e. The molecule has 182 valence electrons. The van der Waals surface area contributed by atoms with Gasteiger partial charge in [-0.25, -0.2) is 0 Å². The summed E-state index contributed by atoms with van der Waals surface area (Å²) >= 11 is 0. The number of para-hydroxylation sites is 1. The highest BCUT2D eigenvalue weighted by atomic mass is 32.2. The van der Waals surface area contributed by atoms with Gasteiger partial charge in [0.05, 0.1) is 19.5 Å². The molecule has 2 aromatic rings. The maximum absolute atomic E-state index is 13.0. The molecular formula is C25H30N2O6S. The summed E-state index contributed by atoms with van der Waals surface area (Å²) in [6, 6.07) is 15.2. The van der Waals surface area contributed by atoms with Gasteiger partial charge >= 0.3 is 0 Å². The number of fused-ring (bicyclic) bond motifs is 1. The highest BCUT2D eigenvalue weighted by Crippen LogP contribution is 2.32. The average molecular weight is 487 g/mol. The summed E-state index contributed by atoms with van der Waals surface area (Å²) in [5.41, 5.74) is 2.82. The first-order valence-corrected chi connectivity index (χ1v) is 13.4. The van der Waals surface area contributed by atoms with E-state index in [0.29, 0.717) is 43.9 Å². The molecule has 34 heavy (non-hydrogen) atoms. The van der Waals surface area contributed by atoms with Gasteiger partial charge in [-0.3, -0.25) is 13.8 Å². The van der Waals surface area contributed by atoms with Crippen molar-refractivity contribution in [1.29, 1.82) is 0 Å². The van der Waals surface area contributed by atoms with Crippen LogP contribution < -0.4 is 9.64 Å². The topological polar surface area (TPSA) is 93.2 Å². The zero-order valence-electron chi connectivity index (χ0n) is 19.3. The number of benzene rings is 2. The van der Waals surface area contributed by atoms with Gasteiger partial charge in [0, 0.05) is 43.2 Å². The minimum atomic E-state index is -3.44. The Morgan fingerprint density at radius 1 is 1.00 bits per heavy atom. The van der Waals surface area contributed by atoms with E-state index in [1.807, 2.05) is 28.0 Å². The maximum atomic E-state index is 13.0. The van der Waals surface area contributed by atoms with Crippen molar-refractivity contribution >= 4 is 27.6 Å². The van der Waals surface area contributed by atoms with Crippen LogP contribution in [0.4, 0.5) is 5.69 Å². The van der Waals surface area contributed by atoms with Gasteiger partial charge in [-0.1, -0.05) is 18.2 Å². The Labute approximate surface area is 200 Å². The molecule has 2 amide bonds. The Kier molecular flexibility index (Phi) is 7.53. The molecule has 2 aliphatic rings. The number of hydrogen-bond acceptors (Lipinski definition) is 6. The highest BCUT2D eigenvalue weighted by molar-refractivity contribution is 7.85. The number of rotatable bonds is 8. The summed E-state index contributed by atoms with van der Waals surface area (Å²) < 4.78 is 32.1. The van der Waals surface area contributed by atoms with Gasteiger partial charge in [-0.2, -0.15) is 8.42 Å². The summed E-state index contributed by atoms with van der Waals surface area (Å²) in [5.74, 6) is 0.746. The summed E-state index contributed by atoms with van der Waals surface area (Å²) in [7, 11) is -3.44. The molecule has 2 aliphatic heterocycles. The fourth-order valence-electron chi connectivity index (χ4n) is 4.52. The molecule has 0 aliphatic carbocycles. The molecule has 0 spiro atoms. The average Bonchev–Trinajstić information content (AvgIpc) is 2.83. The van der Waals surface area contributed by atoms with Gasteiger partial charge in [0.2, 0.25) is 5.91 Å². The number of piperidine rings is 1. The Morgan fingerprint density at radius 3 is 2.41 bits per heavy atom. The predicted octanol–water partition coefficient (Wildman–Crippen LogP) is 3.02. The number of anilines is 1. The van der Waals surface area contributed by atoms with E-state index in [4.69, 9.17) is 4.74 Å². The van der Waals surface area contributed by atoms with E-state index in [2.05, 4.69) is 10.2 Å². The van der Waals surface area contributed by atoms with Crippen LogP contribution in [-0.4, -0.2) is 63.7 Å². The van der Waals surface area contributed by atoms with E-state index in [-0.39, 0.29) is 24.5 Å². The lowest BCUT2D eigenvalue weighted by Crippen LogP contribution is -2.50. The third-order valence-corrected chi connectivity index (χ3v) is 6.80. The van der Waals surface area contributed by atoms with Gasteiger partial charge < -0.3 is 14.5 Å². The maximum Gasteiger partial charge on any atom is 0.264 e. The summed E-state index contributed by atoms with van der Waals surface area (Å²) in [6.45, 7) is 1.59. The van der Waals surface area contributed by atoms with E-state index in [1.165, 1.54) is 5.56 Å². The highest BCUT2D eigenvalue weighted by Gasteiger charge is 2.33. The van der Waals surface area contributed by atoms with Crippen LogP contribution in [0.15, 0.2) is 48.5 Å². The van der Waals surface area contributed by atoms with Crippen molar-refractivity contribution in [2.24, 2.45) is 0 Å². The van der Waals surface area contributed by atoms with Gasteiger partial charge in [0.25, 0.3) is 16.0 Å². The van der Waals surface area contributed by atoms with Gasteiger partial charge in [-0.15, -0.1) is 0 Å². The number of carbonyl (C=O) groups excluding carboxylic acids is 2. The molecular weight excluding hydrogens is 456 g/mol. The normalized spacial score (nSPS) is 16.9. The van der Waals surface area contributed by atoms with E-state index in [0.717, 1.165) is 31.2 Å². The number of amides is 2. The summed E-state index contributed by atoms with van der Waals surface area (Å²) in [5, 5.41) is 0. The van der Waals surface area contributed by atoms with E-state index >= 15 is 0 Å². The van der Waals surface area contributed by atoms with E-state index < -0.39 is 10.1 Å². The van der Waals surface area contributed by atoms with E-state index in [1.54, 1.807) is 24.3 Å². The van der Waals surface area contributed by atoms with Crippen LogP contribution in [0, 0.1) is 0 Å². The fraction of sp³-hybridized carbons (Fsp3) is 0.440. The molecule has 0 radical (unpaired) electrons. The summed E-state index contributed by atoms with van der Waals surface area (Å²) in [6.07, 6.45) is 4.28. The van der Waals surface area contributed by atoms with Crippen molar-refractivity contribution in [2.75, 3.05) is 37.5 Å². The van der Waals surface area contributed by atoms with Crippen molar-refractivity contribution in [3.05, 3.63) is 59.7 Å². The number of likely N-dealkylation sites (tertiary alicyclic amines) is 1. The van der Waals surface area contributed by atoms with Crippen molar-refractivity contribution in [1.82, 2.24) is 4.90 Å². The molecule has 1 saturated heterocycles. The molecule has 8 nitrogen and oxygen atoms in total. The van der Waals surface area contributed by atoms with E-state index in [9.17, 15) is 18.0 Å². The molecule has 2 aromatic carbocycles. The predicted molar refractivity (Wildman–Crippen MR) is 129 cm³/mol. The van der Waals surface area contributed by atoms with Crippen molar-refractivity contribution in [2.45, 2.75) is 38.1 Å². The lowest BCUT2D eigenvalue weighted by molar-refractivity contribution is -0.119. The number of carbonyl (C=O) groups is 2. The quantitative estimate of drug-likeness (QED) is 0.421. The molecule has 0 saturated carbocycles. The number of aryl methyl sites for hydroxylation is 1. The van der Waals surface area contributed by atoms with Gasteiger partial charge in [-0.05, 0) is 55.2 Å². The lowest BCUT2D eigenvalue weighted by atomic mass is 9.95. The van der Waals surface area contributed by atoms with Crippen LogP contribution in [0.25, 0.3) is 0 Å². The molecule has 1 fully saturated rings. The number of ether oxygens (including phenoxy) is 1. The summed E-state index contributed by atoms with van der Waals surface area (Å²) in [4.78, 5) is 29.5. The molecule has 0 bridgehead atoms. The second-order valence-electron chi connectivity index (χ2n) is 8.67. The van der Waals surface area contributed by atoms with Crippen molar-refractivity contribution < 1.29 is 26.9 Å². The standard InChI is InChI=1S/C25H30N2O6S/c1-34(30,31)33-18-4-17-32-22-10-7-20(8-11-22)25(29)26-15-13-21(14-16-26)27-23-6-3-2-5-19(23)9-12-24(27)28/h2-3,5-8,10-11,21H,4,9,12-18H2,1H3. The van der Waals surface area contributed by atoms with Crippen LogP contribution >= 0.6 is 0 Å². The molecule has 9 heteroatoms. The Balaban J connectivity index is 1.28. The van der Waals surface area contributed by atoms with Crippen molar-refractivity contribution in [3.63, 3.8) is 0 Å². The number of hydrogen-bond donors (Lipinski definition) is 0. The lowest BCUT2D eigenvalue weighted by Gasteiger charge is -2.41. The molecule has 0 atom stereocenters. The van der Waals surface area contributed by atoms with Crippen molar-refractivity contribution in [3.8, 4) is 5.75 Å². The Bertz CT molecular complexity index is 1120. The first-order chi connectivity index (χ1) is 16.3. The molecule has 2 heterocycles. The van der Waals surface area contributed by atoms with Crippen LogP contribution in [-0.2, 0) is 25.5 Å². The SMILES string of the molecule is CS(=O)(=O)OCCCOc1ccc(C(=O)N2CCC(N3C(=O)CCc4ccccc43)CC2)cc1. The van der Waals surface area contributed by atoms with Crippen LogP contribution in [0.5, 0.6) is 5.75 Å². The third-order valence-electron chi connectivity index (χ3n) is 6.20. The zero-order valence-corrected chi connectivity index (χ0v) is 20.1. The van der Waals surface area contributed by atoms with Crippen LogP contribution in [0.2, 0.25) is 0 Å². The Morgan fingerprint density at radius 2 is 1.71 bits per heavy atom. The van der Waals surface area contributed by atoms with Crippen LogP contribution in [0.1, 0.15) is 41.6 Å². The zero-order chi connectivity index (χ0) is 24.1. The fourth-order valence-corrected chi connectivity index (χ4v) is 4.94. The third kappa shape index (κ3) is 5.95. The molecule has 0 N–H and O–H groups in total. The molecule has 4 rings (SSSR count). The van der Waals surface area contributed by atoms with Gasteiger partial charge in [0.1, 0.15) is 5.75 Å². The monoisotopic (exact) mass is 486 g/mol. The smallest absolute Gasteiger partial charge is 0.264 e. The Hall–Kier alpha value is -2.91. The molecule has 0 aromatic heterocycles. The van der Waals surface area contributed by atoms with Gasteiger partial charge in [0.15, 0.2) is 0 Å². The minimum absolute atomic E-state index is 0.0306.